The molecule has 9 nitrogen and oxygen atoms in total. The van der Waals surface area contributed by atoms with Crippen LogP contribution in [0.15, 0.2) is 24.0 Å². The number of rotatable bonds is 4. The van der Waals surface area contributed by atoms with E-state index in [1.165, 1.54) is 25.3 Å². The predicted octanol–water partition coefficient (Wildman–Crippen LogP) is 2.02. The smallest absolute Gasteiger partial charge is 0.347 e. The minimum Gasteiger partial charge on any atom is -0.481 e. The Morgan fingerprint density at radius 3 is 2.52 bits per heavy atom. The molecule has 0 spiro atoms. The second-order valence-corrected chi connectivity index (χ2v) is 5.41. The lowest BCUT2D eigenvalue weighted by molar-refractivity contribution is 0.252. The summed E-state index contributed by atoms with van der Waals surface area (Å²) in [5, 5.41) is 4.23. The largest absolute Gasteiger partial charge is 0.481 e. The van der Waals surface area contributed by atoms with E-state index in [2.05, 4.69) is 20.3 Å². The van der Waals surface area contributed by atoms with Crippen LogP contribution in [0.1, 0.15) is 24.9 Å². The normalized spacial score (nSPS) is 13.1. The molecule has 1 N–H and O–H groups in total. The van der Waals surface area contributed by atoms with Gasteiger partial charge in [0.2, 0.25) is 17.7 Å². The van der Waals surface area contributed by atoms with Gasteiger partial charge in [-0.2, -0.15) is 9.97 Å². The van der Waals surface area contributed by atoms with Crippen molar-refractivity contribution in [3.63, 3.8) is 0 Å². The van der Waals surface area contributed by atoms with Gasteiger partial charge in [0.25, 0.3) is 0 Å². The summed E-state index contributed by atoms with van der Waals surface area (Å²) in [6.07, 6.45) is 5.20. The van der Waals surface area contributed by atoms with Gasteiger partial charge < -0.3 is 9.47 Å². The number of allylic oxidation sites excluding steroid dienone is 2. The molecular formula is C16H20N6O3. The SMILES string of the molecule is CCC1=CCc2nc(C)cn2N1C(=O)Nc1nc(OC)cc(OC)n1. The lowest BCUT2D eigenvalue weighted by Gasteiger charge is -2.29. The number of nitrogens with one attached hydrogen (secondary N) is 1. The molecule has 25 heavy (non-hydrogen) atoms. The van der Waals surface area contributed by atoms with Gasteiger partial charge in [-0.1, -0.05) is 13.0 Å². The van der Waals surface area contributed by atoms with Crippen LogP contribution in [0.5, 0.6) is 11.8 Å². The lowest BCUT2D eigenvalue weighted by atomic mass is 10.2. The molecule has 0 aromatic carbocycles. The van der Waals surface area contributed by atoms with Crippen molar-refractivity contribution in [2.24, 2.45) is 0 Å². The molecule has 2 aromatic heterocycles. The van der Waals surface area contributed by atoms with Crippen molar-refractivity contribution >= 4 is 12.0 Å². The van der Waals surface area contributed by atoms with E-state index in [9.17, 15) is 4.79 Å². The number of nitrogens with zero attached hydrogens (tertiary/aromatic N) is 5. The second kappa shape index (κ2) is 6.80. The van der Waals surface area contributed by atoms with Crippen LogP contribution in [-0.4, -0.2) is 39.9 Å². The van der Waals surface area contributed by atoms with Crippen molar-refractivity contribution in [3.05, 3.63) is 35.6 Å². The number of anilines is 1. The summed E-state index contributed by atoms with van der Waals surface area (Å²) in [4.78, 5) is 25.6. The Labute approximate surface area is 145 Å². The summed E-state index contributed by atoms with van der Waals surface area (Å²) in [6, 6.07) is 1.15. The van der Waals surface area contributed by atoms with E-state index >= 15 is 0 Å². The molecule has 3 heterocycles. The van der Waals surface area contributed by atoms with Gasteiger partial charge >= 0.3 is 6.03 Å². The number of imidazole rings is 1. The van der Waals surface area contributed by atoms with Crippen LogP contribution in [0.3, 0.4) is 0 Å². The Kier molecular flexibility index (Phi) is 4.55. The zero-order valence-corrected chi connectivity index (χ0v) is 14.6. The molecule has 0 bridgehead atoms. The molecule has 132 valence electrons. The number of aryl methyl sites for hydroxylation is 1. The minimum absolute atomic E-state index is 0.0978. The molecule has 3 rings (SSSR count). The average molecular weight is 344 g/mol. The van der Waals surface area contributed by atoms with Gasteiger partial charge in [0.1, 0.15) is 5.82 Å². The quantitative estimate of drug-likeness (QED) is 0.912. The van der Waals surface area contributed by atoms with Crippen molar-refractivity contribution in [2.45, 2.75) is 26.7 Å². The third-order valence-corrected chi connectivity index (χ3v) is 3.76. The summed E-state index contributed by atoms with van der Waals surface area (Å²) in [5.41, 5.74) is 1.72. The fourth-order valence-corrected chi connectivity index (χ4v) is 2.62. The Hall–Kier alpha value is -3.10. The van der Waals surface area contributed by atoms with Gasteiger partial charge in [-0.25, -0.2) is 19.5 Å². The monoisotopic (exact) mass is 344 g/mol. The van der Waals surface area contributed by atoms with E-state index in [1.807, 2.05) is 26.1 Å². The van der Waals surface area contributed by atoms with Gasteiger partial charge in [0.15, 0.2) is 0 Å². The van der Waals surface area contributed by atoms with E-state index in [0.29, 0.717) is 24.6 Å². The maximum atomic E-state index is 12.9. The number of ether oxygens (including phenoxy) is 2. The average Bonchev–Trinajstić information content (AvgIpc) is 3.00. The van der Waals surface area contributed by atoms with E-state index in [0.717, 1.165) is 17.2 Å². The summed E-state index contributed by atoms with van der Waals surface area (Å²) in [6.45, 7) is 3.88. The standard InChI is InChI=1S/C16H20N6O3/c1-5-11-6-7-12-17-10(2)9-21(12)22(11)16(23)20-15-18-13(24-3)8-14(19-15)25-4/h6,8-9H,5,7H2,1-4H3,(H,18,19,20,23). The Bertz CT molecular complexity index is 807. The second-order valence-electron chi connectivity index (χ2n) is 5.41. The molecule has 1 aliphatic heterocycles. The number of fused-ring (bicyclic) bond motifs is 1. The maximum Gasteiger partial charge on any atom is 0.347 e. The van der Waals surface area contributed by atoms with E-state index in [4.69, 9.17) is 9.47 Å². The molecule has 2 amide bonds. The number of amides is 2. The van der Waals surface area contributed by atoms with Crippen LogP contribution in [-0.2, 0) is 6.42 Å². The molecule has 2 aromatic rings. The fraction of sp³-hybridized carbons (Fsp3) is 0.375. The van der Waals surface area contributed by atoms with Crippen LogP contribution in [0.4, 0.5) is 10.7 Å². The van der Waals surface area contributed by atoms with Crippen molar-refractivity contribution < 1.29 is 14.3 Å². The number of aromatic nitrogens is 4. The molecule has 0 saturated carbocycles. The van der Waals surface area contributed by atoms with Crippen LogP contribution in [0, 0.1) is 6.92 Å². The van der Waals surface area contributed by atoms with Crippen molar-refractivity contribution in [1.29, 1.82) is 0 Å². The zero-order valence-electron chi connectivity index (χ0n) is 14.6. The van der Waals surface area contributed by atoms with Crippen molar-refractivity contribution in [1.82, 2.24) is 19.6 Å². The Balaban J connectivity index is 1.91. The number of carbonyl (C=O) groups is 1. The summed E-state index contributed by atoms with van der Waals surface area (Å²) in [7, 11) is 2.97. The molecule has 0 aliphatic carbocycles. The maximum absolute atomic E-state index is 12.9. The van der Waals surface area contributed by atoms with Crippen molar-refractivity contribution in [3.8, 4) is 11.8 Å². The summed E-state index contributed by atoms with van der Waals surface area (Å²) < 4.78 is 12.0. The van der Waals surface area contributed by atoms with Crippen LogP contribution in [0.2, 0.25) is 0 Å². The summed E-state index contributed by atoms with van der Waals surface area (Å²) in [5.74, 6) is 1.49. The van der Waals surface area contributed by atoms with Gasteiger partial charge in [-0.3, -0.25) is 5.32 Å². The minimum atomic E-state index is -0.387. The highest BCUT2D eigenvalue weighted by atomic mass is 16.5. The number of hydrogen-bond donors (Lipinski definition) is 1. The molecule has 1 aliphatic rings. The molecule has 9 heteroatoms. The number of methoxy groups -OCH3 is 2. The third kappa shape index (κ3) is 3.25. The highest BCUT2D eigenvalue weighted by Crippen LogP contribution is 2.21. The number of urea groups is 1. The molecule has 0 fully saturated rings. The van der Waals surface area contributed by atoms with Crippen LogP contribution < -0.4 is 19.8 Å². The highest BCUT2D eigenvalue weighted by Gasteiger charge is 2.26. The fourth-order valence-electron chi connectivity index (χ4n) is 2.62. The first-order valence-electron chi connectivity index (χ1n) is 7.88. The van der Waals surface area contributed by atoms with Crippen molar-refractivity contribution in [2.75, 3.05) is 24.5 Å². The van der Waals surface area contributed by atoms with Gasteiger partial charge in [0, 0.05) is 12.1 Å². The Morgan fingerprint density at radius 2 is 1.92 bits per heavy atom. The van der Waals surface area contributed by atoms with Gasteiger partial charge in [0.05, 0.1) is 32.2 Å². The van der Waals surface area contributed by atoms with E-state index in [-0.39, 0.29) is 12.0 Å². The molecular weight excluding hydrogens is 324 g/mol. The van der Waals surface area contributed by atoms with E-state index in [1.54, 1.807) is 4.68 Å². The lowest BCUT2D eigenvalue weighted by Crippen LogP contribution is -2.45. The number of carbonyl (C=O) groups excluding carboxylic acids is 1. The van der Waals surface area contributed by atoms with Gasteiger partial charge in [-0.15, -0.1) is 0 Å². The third-order valence-electron chi connectivity index (χ3n) is 3.76. The van der Waals surface area contributed by atoms with Gasteiger partial charge in [-0.05, 0) is 13.3 Å². The topological polar surface area (TPSA) is 94.4 Å². The Morgan fingerprint density at radius 1 is 1.24 bits per heavy atom. The summed E-state index contributed by atoms with van der Waals surface area (Å²) >= 11 is 0. The zero-order chi connectivity index (χ0) is 18.0. The first-order chi connectivity index (χ1) is 12.0. The highest BCUT2D eigenvalue weighted by molar-refractivity contribution is 5.97. The molecule has 0 atom stereocenters. The van der Waals surface area contributed by atoms with Crippen LogP contribution >= 0.6 is 0 Å². The predicted molar refractivity (Wildman–Crippen MR) is 91.4 cm³/mol. The van der Waals surface area contributed by atoms with Crippen LogP contribution in [0.25, 0.3) is 0 Å². The van der Waals surface area contributed by atoms with E-state index < -0.39 is 0 Å². The molecule has 0 saturated heterocycles. The first kappa shape index (κ1) is 16.7. The molecule has 0 radical (unpaired) electrons. The first-order valence-corrected chi connectivity index (χ1v) is 7.88. The molecule has 0 unspecified atom stereocenters. The number of hydrogen-bond acceptors (Lipinski definition) is 6.